The number of aliphatic hydroxyl groups excluding tert-OH is 1. The Labute approximate surface area is 132 Å². The molecule has 0 aliphatic rings. The zero-order valence-corrected chi connectivity index (χ0v) is 14.9. The van der Waals surface area contributed by atoms with Gasteiger partial charge in [0.1, 0.15) is 6.04 Å². The largest absolute Gasteiger partial charge is 0.396 e. The third-order valence-corrected chi connectivity index (χ3v) is 5.25. The van der Waals surface area contributed by atoms with Gasteiger partial charge in [-0.1, -0.05) is 13.8 Å². The highest BCUT2D eigenvalue weighted by atomic mass is 32.2. The molecule has 0 bridgehead atoms. The van der Waals surface area contributed by atoms with Crippen LogP contribution in [0.4, 0.5) is 0 Å². The number of amides is 1. The molecule has 126 valence electrons. The minimum absolute atomic E-state index is 0.0146. The molecule has 21 heavy (non-hydrogen) atoms. The van der Waals surface area contributed by atoms with Gasteiger partial charge < -0.3 is 10.4 Å². The molecule has 2 atom stereocenters. The average Bonchev–Trinajstić information content (AvgIpc) is 2.42. The number of thioether (sulfide) groups is 1. The highest BCUT2D eigenvalue weighted by Gasteiger charge is 2.25. The van der Waals surface area contributed by atoms with E-state index in [1.807, 2.05) is 20.1 Å². The van der Waals surface area contributed by atoms with E-state index in [4.69, 9.17) is 5.11 Å². The SMILES string of the molecule is CCS(=O)(=O)NC(CCSC)C(=O)NC(CCO)C(C)C. The van der Waals surface area contributed by atoms with E-state index < -0.39 is 16.1 Å². The normalized spacial score (nSPS) is 15.0. The van der Waals surface area contributed by atoms with Gasteiger partial charge in [-0.2, -0.15) is 11.8 Å². The summed E-state index contributed by atoms with van der Waals surface area (Å²) in [5.74, 6) is 0.482. The Hall–Kier alpha value is -0.310. The van der Waals surface area contributed by atoms with Crippen molar-refractivity contribution in [2.75, 3.05) is 24.4 Å². The monoisotopic (exact) mass is 340 g/mol. The molecule has 0 fully saturated rings. The van der Waals surface area contributed by atoms with Crippen LogP contribution in [0, 0.1) is 5.92 Å². The number of aliphatic hydroxyl groups is 1. The fourth-order valence-electron chi connectivity index (χ4n) is 1.77. The van der Waals surface area contributed by atoms with Crippen LogP contribution in [0.1, 0.15) is 33.6 Å². The summed E-state index contributed by atoms with van der Waals surface area (Å²) in [5, 5.41) is 11.9. The van der Waals surface area contributed by atoms with Gasteiger partial charge in [-0.05, 0) is 37.7 Å². The van der Waals surface area contributed by atoms with Crippen LogP contribution in [-0.2, 0) is 14.8 Å². The van der Waals surface area contributed by atoms with Gasteiger partial charge in [0.05, 0.1) is 5.75 Å². The Morgan fingerprint density at radius 3 is 2.33 bits per heavy atom. The molecule has 0 rings (SSSR count). The van der Waals surface area contributed by atoms with Crippen LogP contribution in [0.2, 0.25) is 0 Å². The predicted molar refractivity (Wildman–Crippen MR) is 87.9 cm³/mol. The highest BCUT2D eigenvalue weighted by molar-refractivity contribution is 7.98. The zero-order valence-electron chi connectivity index (χ0n) is 13.3. The van der Waals surface area contributed by atoms with Gasteiger partial charge in [0.15, 0.2) is 0 Å². The lowest BCUT2D eigenvalue weighted by Gasteiger charge is -2.25. The second-order valence-electron chi connectivity index (χ2n) is 5.23. The topological polar surface area (TPSA) is 95.5 Å². The van der Waals surface area contributed by atoms with E-state index in [-0.39, 0.29) is 30.2 Å². The molecule has 0 aromatic carbocycles. The van der Waals surface area contributed by atoms with Crippen LogP contribution in [-0.4, -0.2) is 55.9 Å². The van der Waals surface area contributed by atoms with Crippen LogP contribution in [0.25, 0.3) is 0 Å². The number of nitrogens with one attached hydrogen (secondary N) is 2. The van der Waals surface area contributed by atoms with Crippen molar-refractivity contribution in [1.82, 2.24) is 10.0 Å². The first-order chi connectivity index (χ1) is 9.77. The summed E-state index contributed by atoms with van der Waals surface area (Å²) in [4.78, 5) is 12.3. The molecule has 0 aromatic rings. The molecule has 0 aromatic heterocycles. The van der Waals surface area contributed by atoms with E-state index >= 15 is 0 Å². The maximum absolute atomic E-state index is 12.3. The van der Waals surface area contributed by atoms with Gasteiger partial charge >= 0.3 is 0 Å². The number of rotatable bonds is 11. The average molecular weight is 341 g/mol. The van der Waals surface area contributed by atoms with Gasteiger partial charge in [-0.15, -0.1) is 0 Å². The van der Waals surface area contributed by atoms with E-state index in [2.05, 4.69) is 10.0 Å². The van der Waals surface area contributed by atoms with Crippen molar-refractivity contribution in [1.29, 1.82) is 0 Å². The first-order valence-electron chi connectivity index (χ1n) is 7.17. The van der Waals surface area contributed by atoms with Crippen molar-refractivity contribution >= 4 is 27.7 Å². The maximum atomic E-state index is 12.3. The molecule has 2 unspecified atom stereocenters. The van der Waals surface area contributed by atoms with Crippen LogP contribution in [0.3, 0.4) is 0 Å². The number of carbonyl (C=O) groups excluding carboxylic acids is 1. The third kappa shape index (κ3) is 8.65. The van der Waals surface area contributed by atoms with Crippen LogP contribution < -0.4 is 10.0 Å². The standard InChI is InChI=1S/C13H28N2O4S2/c1-5-21(18,19)15-12(7-9-20-4)13(17)14-11(6-8-16)10(2)3/h10-12,15-16H,5-9H2,1-4H3,(H,14,17). The van der Waals surface area contributed by atoms with E-state index in [0.717, 1.165) is 0 Å². The molecule has 0 saturated carbocycles. The van der Waals surface area contributed by atoms with Crippen LogP contribution in [0.5, 0.6) is 0 Å². The summed E-state index contributed by atoms with van der Waals surface area (Å²) in [5.41, 5.74) is 0. The molecule has 0 saturated heterocycles. The number of carbonyl (C=O) groups is 1. The Morgan fingerprint density at radius 1 is 1.29 bits per heavy atom. The second kappa shape index (κ2) is 10.4. The molecular weight excluding hydrogens is 312 g/mol. The fraction of sp³-hybridized carbons (Fsp3) is 0.923. The lowest BCUT2D eigenvalue weighted by molar-refractivity contribution is -0.123. The van der Waals surface area contributed by atoms with E-state index in [1.165, 1.54) is 6.92 Å². The van der Waals surface area contributed by atoms with Crippen molar-refractivity contribution < 1.29 is 18.3 Å². The molecule has 8 heteroatoms. The molecule has 0 radical (unpaired) electrons. The van der Waals surface area contributed by atoms with Crippen molar-refractivity contribution in [3.05, 3.63) is 0 Å². The third-order valence-electron chi connectivity index (χ3n) is 3.20. The van der Waals surface area contributed by atoms with Gasteiger partial charge in [-0.3, -0.25) is 4.79 Å². The van der Waals surface area contributed by atoms with Gasteiger partial charge in [-0.25, -0.2) is 13.1 Å². The molecule has 1 amide bonds. The molecule has 0 heterocycles. The summed E-state index contributed by atoms with van der Waals surface area (Å²) >= 11 is 1.56. The van der Waals surface area contributed by atoms with Gasteiger partial charge in [0.25, 0.3) is 0 Å². The predicted octanol–water partition coefficient (Wildman–Crippen LogP) is 0.571. The Kier molecular flexibility index (Phi) is 10.3. The molecule has 3 N–H and O–H groups in total. The zero-order chi connectivity index (χ0) is 16.5. The summed E-state index contributed by atoms with van der Waals surface area (Å²) in [6, 6.07) is -0.923. The first-order valence-corrected chi connectivity index (χ1v) is 10.2. The minimum Gasteiger partial charge on any atom is -0.396 e. The van der Waals surface area contributed by atoms with Gasteiger partial charge in [0, 0.05) is 12.6 Å². The molecule has 0 spiro atoms. The number of hydrogen-bond donors (Lipinski definition) is 3. The Morgan fingerprint density at radius 2 is 1.90 bits per heavy atom. The first kappa shape index (κ1) is 20.7. The molecule has 0 aliphatic heterocycles. The van der Waals surface area contributed by atoms with Crippen molar-refractivity contribution in [2.45, 2.75) is 45.7 Å². The fourth-order valence-corrected chi connectivity index (χ4v) is 3.07. The molecule has 0 aliphatic carbocycles. The van der Waals surface area contributed by atoms with E-state index in [0.29, 0.717) is 18.6 Å². The lowest BCUT2D eigenvalue weighted by atomic mass is 10.0. The van der Waals surface area contributed by atoms with Gasteiger partial charge in [0.2, 0.25) is 15.9 Å². The maximum Gasteiger partial charge on any atom is 0.238 e. The highest BCUT2D eigenvalue weighted by Crippen LogP contribution is 2.08. The summed E-state index contributed by atoms with van der Waals surface area (Å²) in [6.45, 7) is 5.43. The Balaban J connectivity index is 4.84. The van der Waals surface area contributed by atoms with Crippen molar-refractivity contribution in [3.8, 4) is 0 Å². The van der Waals surface area contributed by atoms with E-state index in [1.54, 1.807) is 11.8 Å². The quantitative estimate of drug-likeness (QED) is 0.511. The number of sulfonamides is 1. The summed E-state index contributed by atoms with van der Waals surface area (Å²) in [7, 11) is -3.43. The Bertz CT molecular complexity index is 399. The smallest absolute Gasteiger partial charge is 0.238 e. The van der Waals surface area contributed by atoms with Crippen molar-refractivity contribution in [3.63, 3.8) is 0 Å². The van der Waals surface area contributed by atoms with Crippen LogP contribution >= 0.6 is 11.8 Å². The second-order valence-corrected chi connectivity index (χ2v) is 8.25. The summed E-state index contributed by atoms with van der Waals surface area (Å²) < 4.78 is 25.8. The van der Waals surface area contributed by atoms with E-state index in [9.17, 15) is 13.2 Å². The molecule has 6 nitrogen and oxygen atoms in total. The molecular formula is C13H28N2O4S2. The van der Waals surface area contributed by atoms with Crippen LogP contribution in [0.15, 0.2) is 0 Å². The summed E-state index contributed by atoms with van der Waals surface area (Å²) in [6.07, 6.45) is 2.81. The van der Waals surface area contributed by atoms with Crippen molar-refractivity contribution in [2.24, 2.45) is 5.92 Å². The lowest BCUT2D eigenvalue weighted by Crippen LogP contribution is -2.51. The number of hydrogen-bond acceptors (Lipinski definition) is 5. The minimum atomic E-state index is -3.43.